The first-order chi connectivity index (χ1) is 10.1. The Bertz CT molecular complexity index is 535. The lowest BCUT2D eigenvalue weighted by atomic mass is 9.98. The minimum atomic E-state index is -3.37. The summed E-state index contributed by atoms with van der Waals surface area (Å²) in [7, 11) is -1.81. The zero-order valence-corrected chi connectivity index (χ0v) is 13.5. The van der Waals surface area contributed by atoms with E-state index in [1.54, 1.807) is 35.7 Å². The number of hydrogen-bond donors (Lipinski definition) is 1. The van der Waals surface area contributed by atoms with Gasteiger partial charge in [-0.15, -0.1) is 0 Å². The summed E-state index contributed by atoms with van der Waals surface area (Å²) in [5.74, 6) is 1.24. The molecule has 1 aliphatic heterocycles. The fraction of sp³-hybridized carbons (Fsp3) is 0.600. The molecule has 2 rings (SSSR count). The Morgan fingerprint density at radius 3 is 2.38 bits per heavy atom. The van der Waals surface area contributed by atoms with Gasteiger partial charge in [0.2, 0.25) is 10.0 Å². The van der Waals surface area contributed by atoms with Gasteiger partial charge in [0.25, 0.3) is 0 Å². The van der Waals surface area contributed by atoms with Crippen LogP contribution < -0.4 is 10.1 Å². The van der Waals surface area contributed by atoms with Crippen molar-refractivity contribution in [2.75, 3.05) is 33.3 Å². The van der Waals surface area contributed by atoms with Crippen LogP contribution in [0.1, 0.15) is 19.8 Å². The van der Waals surface area contributed by atoms with Crippen LogP contribution in [0.3, 0.4) is 0 Å². The highest BCUT2D eigenvalue weighted by Gasteiger charge is 2.29. The second-order valence-corrected chi connectivity index (χ2v) is 7.27. The molecule has 0 amide bonds. The van der Waals surface area contributed by atoms with Crippen molar-refractivity contribution in [1.82, 2.24) is 9.62 Å². The Kier molecular flexibility index (Phi) is 5.61. The van der Waals surface area contributed by atoms with Gasteiger partial charge in [-0.25, -0.2) is 8.42 Å². The standard InChI is InChI=1S/C15H24N2O3S/c1-3-16-12-13-8-10-17(11-9-13)21(18,19)15-6-4-14(20-2)5-7-15/h4-7,13,16H,3,8-12H2,1-2H3. The van der Waals surface area contributed by atoms with Gasteiger partial charge in [0.1, 0.15) is 5.75 Å². The van der Waals surface area contributed by atoms with Gasteiger partial charge >= 0.3 is 0 Å². The molecular formula is C15H24N2O3S. The van der Waals surface area contributed by atoms with Crippen LogP contribution in [-0.4, -0.2) is 46.0 Å². The SMILES string of the molecule is CCNCC1CCN(S(=O)(=O)c2ccc(OC)cc2)CC1. The molecule has 0 saturated carbocycles. The van der Waals surface area contributed by atoms with E-state index in [0.29, 0.717) is 29.7 Å². The van der Waals surface area contributed by atoms with E-state index in [9.17, 15) is 8.42 Å². The summed E-state index contributed by atoms with van der Waals surface area (Å²) in [6.45, 7) is 5.23. The third-order valence-electron chi connectivity index (χ3n) is 3.95. The van der Waals surface area contributed by atoms with E-state index in [4.69, 9.17) is 4.74 Å². The second-order valence-electron chi connectivity index (χ2n) is 5.33. The van der Waals surface area contributed by atoms with Gasteiger partial charge in [-0.05, 0) is 56.1 Å². The molecule has 1 N–H and O–H groups in total. The molecule has 0 aromatic heterocycles. The van der Waals surface area contributed by atoms with Crippen LogP contribution in [0, 0.1) is 5.92 Å². The minimum Gasteiger partial charge on any atom is -0.497 e. The summed E-state index contributed by atoms with van der Waals surface area (Å²) < 4.78 is 31.8. The molecule has 6 heteroatoms. The number of methoxy groups -OCH3 is 1. The van der Waals surface area contributed by atoms with E-state index in [-0.39, 0.29) is 0 Å². The van der Waals surface area contributed by atoms with Crippen molar-refractivity contribution in [1.29, 1.82) is 0 Å². The van der Waals surface area contributed by atoms with E-state index in [2.05, 4.69) is 12.2 Å². The molecule has 1 heterocycles. The molecule has 0 bridgehead atoms. The summed E-state index contributed by atoms with van der Waals surface area (Å²) in [5.41, 5.74) is 0. The van der Waals surface area contributed by atoms with Gasteiger partial charge in [-0.3, -0.25) is 0 Å². The quantitative estimate of drug-likeness (QED) is 0.869. The molecule has 118 valence electrons. The zero-order valence-electron chi connectivity index (χ0n) is 12.7. The predicted molar refractivity (Wildman–Crippen MR) is 83.0 cm³/mol. The Morgan fingerprint density at radius 2 is 1.86 bits per heavy atom. The molecule has 1 saturated heterocycles. The monoisotopic (exact) mass is 312 g/mol. The van der Waals surface area contributed by atoms with Crippen molar-refractivity contribution >= 4 is 10.0 Å². The van der Waals surface area contributed by atoms with Crippen molar-refractivity contribution in [2.45, 2.75) is 24.7 Å². The molecule has 0 radical (unpaired) electrons. The number of nitrogens with one attached hydrogen (secondary N) is 1. The number of ether oxygens (including phenoxy) is 1. The third kappa shape index (κ3) is 3.96. The summed E-state index contributed by atoms with van der Waals surface area (Å²) in [4.78, 5) is 0.341. The first-order valence-electron chi connectivity index (χ1n) is 7.43. The minimum absolute atomic E-state index is 0.341. The van der Waals surface area contributed by atoms with Crippen LogP contribution in [0.15, 0.2) is 29.2 Å². The van der Waals surface area contributed by atoms with Crippen LogP contribution in [0.2, 0.25) is 0 Å². The molecule has 0 unspecified atom stereocenters. The average Bonchev–Trinajstić information content (AvgIpc) is 2.53. The molecule has 1 fully saturated rings. The summed E-state index contributed by atoms with van der Waals surface area (Å²) in [6, 6.07) is 6.59. The van der Waals surface area contributed by atoms with Crippen molar-refractivity contribution in [2.24, 2.45) is 5.92 Å². The number of piperidine rings is 1. The Hall–Kier alpha value is -1.11. The molecule has 0 atom stereocenters. The van der Waals surface area contributed by atoms with Gasteiger partial charge in [-0.2, -0.15) is 4.31 Å². The lowest BCUT2D eigenvalue weighted by molar-refractivity contribution is 0.268. The van der Waals surface area contributed by atoms with Crippen molar-refractivity contribution in [3.05, 3.63) is 24.3 Å². The Morgan fingerprint density at radius 1 is 1.24 bits per heavy atom. The van der Waals surface area contributed by atoms with Crippen LogP contribution in [0.25, 0.3) is 0 Å². The summed E-state index contributed by atoms with van der Waals surface area (Å²) >= 11 is 0. The maximum absolute atomic E-state index is 12.6. The van der Waals surface area contributed by atoms with E-state index >= 15 is 0 Å². The van der Waals surface area contributed by atoms with Gasteiger partial charge in [-0.1, -0.05) is 6.92 Å². The van der Waals surface area contributed by atoms with Gasteiger partial charge in [0.15, 0.2) is 0 Å². The maximum Gasteiger partial charge on any atom is 0.243 e. The summed E-state index contributed by atoms with van der Waals surface area (Å²) in [6.07, 6.45) is 1.84. The van der Waals surface area contributed by atoms with Gasteiger partial charge in [0.05, 0.1) is 12.0 Å². The van der Waals surface area contributed by atoms with Gasteiger partial charge < -0.3 is 10.1 Å². The first-order valence-corrected chi connectivity index (χ1v) is 8.87. The highest BCUT2D eigenvalue weighted by molar-refractivity contribution is 7.89. The first kappa shape index (κ1) is 16.3. The molecule has 1 aromatic carbocycles. The topological polar surface area (TPSA) is 58.6 Å². The van der Waals surface area contributed by atoms with Crippen LogP contribution in [0.5, 0.6) is 5.75 Å². The molecular weight excluding hydrogens is 288 g/mol. The third-order valence-corrected chi connectivity index (χ3v) is 5.87. The van der Waals surface area contributed by atoms with Crippen LogP contribution in [0.4, 0.5) is 0 Å². The number of rotatable bonds is 6. The number of nitrogens with zero attached hydrogens (tertiary/aromatic N) is 1. The number of benzene rings is 1. The van der Waals surface area contributed by atoms with E-state index in [0.717, 1.165) is 25.9 Å². The highest BCUT2D eigenvalue weighted by atomic mass is 32.2. The largest absolute Gasteiger partial charge is 0.497 e. The molecule has 0 spiro atoms. The smallest absolute Gasteiger partial charge is 0.243 e. The molecule has 0 aliphatic carbocycles. The lowest BCUT2D eigenvalue weighted by Gasteiger charge is -2.31. The number of sulfonamides is 1. The Balaban J connectivity index is 2.00. The normalized spacial score (nSPS) is 17.8. The van der Waals surface area contributed by atoms with Crippen molar-refractivity contribution < 1.29 is 13.2 Å². The fourth-order valence-electron chi connectivity index (χ4n) is 2.60. The number of hydrogen-bond acceptors (Lipinski definition) is 4. The zero-order chi connectivity index (χ0) is 15.3. The van der Waals surface area contributed by atoms with Crippen molar-refractivity contribution in [3.63, 3.8) is 0 Å². The molecule has 1 aliphatic rings. The predicted octanol–water partition coefficient (Wildman–Crippen LogP) is 1.71. The van der Waals surface area contributed by atoms with E-state index < -0.39 is 10.0 Å². The van der Waals surface area contributed by atoms with E-state index in [1.807, 2.05) is 0 Å². The highest BCUT2D eigenvalue weighted by Crippen LogP contribution is 2.24. The van der Waals surface area contributed by atoms with E-state index in [1.165, 1.54) is 0 Å². The molecule has 21 heavy (non-hydrogen) atoms. The van der Waals surface area contributed by atoms with Crippen LogP contribution in [-0.2, 0) is 10.0 Å². The van der Waals surface area contributed by atoms with Crippen molar-refractivity contribution in [3.8, 4) is 5.75 Å². The second kappa shape index (κ2) is 7.24. The molecule has 1 aromatic rings. The average molecular weight is 312 g/mol. The van der Waals surface area contributed by atoms with Crippen LogP contribution >= 0.6 is 0 Å². The fourth-order valence-corrected chi connectivity index (χ4v) is 4.07. The van der Waals surface area contributed by atoms with Gasteiger partial charge in [0, 0.05) is 13.1 Å². The summed E-state index contributed by atoms with van der Waals surface area (Å²) in [5, 5.41) is 3.33. The lowest BCUT2D eigenvalue weighted by Crippen LogP contribution is -2.40. The maximum atomic E-state index is 12.6. The molecule has 5 nitrogen and oxygen atoms in total. The Labute approximate surface area is 127 Å².